The molecule has 0 aliphatic rings. The number of benzene rings is 1. The SMILES string of the molecule is CCOC(=O)c1sc(CC(=O)/C(C#N)=C/c2c[nH]c3ccccc23)c(C(=O)OCC)c1C. The summed E-state index contributed by atoms with van der Waals surface area (Å²) in [4.78, 5) is 41.6. The molecule has 0 saturated heterocycles. The summed E-state index contributed by atoms with van der Waals surface area (Å²) in [5, 5.41) is 10.5. The van der Waals surface area contributed by atoms with Crippen LogP contribution in [0.5, 0.6) is 0 Å². The first kappa shape index (κ1) is 23.0. The Bertz CT molecular complexity index is 1260. The van der Waals surface area contributed by atoms with Gasteiger partial charge in [0.05, 0.1) is 24.4 Å². The minimum absolute atomic E-state index is 0.0479. The average Bonchev–Trinajstić information content (AvgIpc) is 3.33. The third-order valence-electron chi connectivity index (χ3n) is 4.82. The Balaban J connectivity index is 1.97. The van der Waals surface area contributed by atoms with Crippen molar-refractivity contribution in [3.8, 4) is 6.07 Å². The van der Waals surface area contributed by atoms with Crippen LogP contribution in [0, 0.1) is 18.3 Å². The first-order valence-electron chi connectivity index (χ1n) is 10.1. The first-order chi connectivity index (χ1) is 15.4. The van der Waals surface area contributed by atoms with E-state index in [1.54, 1.807) is 27.0 Å². The van der Waals surface area contributed by atoms with Crippen LogP contribution in [0.15, 0.2) is 36.0 Å². The number of aromatic amines is 1. The van der Waals surface area contributed by atoms with Crippen LogP contribution < -0.4 is 0 Å². The number of rotatable bonds is 8. The highest BCUT2D eigenvalue weighted by Gasteiger charge is 2.28. The maximum Gasteiger partial charge on any atom is 0.348 e. The predicted octanol–water partition coefficient (Wildman–Crippen LogP) is 4.61. The molecule has 0 aliphatic heterocycles. The fourth-order valence-corrected chi connectivity index (χ4v) is 4.53. The van der Waals surface area contributed by atoms with Gasteiger partial charge in [-0.05, 0) is 38.5 Å². The minimum Gasteiger partial charge on any atom is -0.462 e. The van der Waals surface area contributed by atoms with E-state index >= 15 is 0 Å². The van der Waals surface area contributed by atoms with E-state index in [9.17, 15) is 19.6 Å². The average molecular weight is 451 g/mol. The second kappa shape index (κ2) is 10.1. The molecule has 0 amide bonds. The number of ketones is 1. The lowest BCUT2D eigenvalue weighted by Crippen LogP contribution is -2.12. The molecule has 3 rings (SSSR count). The summed E-state index contributed by atoms with van der Waals surface area (Å²) in [7, 11) is 0. The van der Waals surface area contributed by atoms with E-state index in [1.165, 1.54) is 6.08 Å². The van der Waals surface area contributed by atoms with E-state index in [2.05, 4.69) is 4.98 Å². The Morgan fingerprint density at radius 3 is 2.50 bits per heavy atom. The van der Waals surface area contributed by atoms with Crippen LogP contribution in [0.2, 0.25) is 0 Å². The molecule has 8 heteroatoms. The van der Waals surface area contributed by atoms with Gasteiger partial charge in [0.25, 0.3) is 0 Å². The van der Waals surface area contributed by atoms with Gasteiger partial charge in [-0.3, -0.25) is 4.79 Å². The highest BCUT2D eigenvalue weighted by molar-refractivity contribution is 7.14. The Morgan fingerprint density at radius 1 is 1.12 bits per heavy atom. The van der Waals surface area contributed by atoms with Crippen molar-refractivity contribution < 1.29 is 23.9 Å². The fraction of sp³-hybridized carbons (Fsp3) is 0.250. The van der Waals surface area contributed by atoms with E-state index < -0.39 is 17.7 Å². The monoisotopic (exact) mass is 450 g/mol. The quantitative estimate of drug-likeness (QED) is 0.305. The van der Waals surface area contributed by atoms with Crippen LogP contribution >= 0.6 is 11.3 Å². The molecule has 2 heterocycles. The van der Waals surface area contributed by atoms with Gasteiger partial charge in [0, 0.05) is 34.0 Å². The Morgan fingerprint density at radius 2 is 1.81 bits per heavy atom. The highest BCUT2D eigenvalue weighted by Crippen LogP contribution is 2.31. The molecule has 0 bridgehead atoms. The molecule has 0 saturated carbocycles. The molecular formula is C24H22N2O5S. The van der Waals surface area contributed by atoms with Gasteiger partial charge in [-0.1, -0.05) is 18.2 Å². The zero-order chi connectivity index (χ0) is 23.3. The molecule has 164 valence electrons. The number of esters is 2. The van der Waals surface area contributed by atoms with Gasteiger partial charge in [0.1, 0.15) is 10.9 Å². The van der Waals surface area contributed by atoms with Gasteiger partial charge in [0.2, 0.25) is 0 Å². The smallest absolute Gasteiger partial charge is 0.348 e. The second-order valence-corrected chi connectivity index (χ2v) is 7.96. The van der Waals surface area contributed by atoms with Gasteiger partial charge in [-0.25, -0.2) is 9.59 Å². The standard InChI is InChI=1S/C24H22N2O5S/c1-4-30-23(28)21-14(3)22(24(29)31-5-2)32-20(21)11-19(27)15(12-25)10-16-13-26-18-9-7-6-8-17(16)18/h6-10,13,26H,4-5,11H2,1-3H3/b15-10+. The van der Waals surface area contributed by atoms with E-state index in [0.29, 0.717) is 16.0 Å². The number of carbonyl (C=O) groups excluding carboxylic acids is 3. The number of hydrogen-bond acceptors (Lipinski definition) is 7. The highest BCUT2D eigenvalue weighted by atomic mass is 32.1. The summed E-state index contributed by atoms with van der Waals surface area (Å²) in [5.41, 5.74) is 2.14. The van der Waals surface area contributed by atoms with E-state index in [0.717, 1.165) is 22.2 Å². The lowest BCUT2D eigenvalue weighted by atomic mass is 10.0. The molecule has 2 aromatic heterocycles. The van der Waals surface area contributed by atoms with Crippen molar-refractivity contribution in [3.05, 3.63) is 62.5 Å². The fourth-order valence-electron chi connectivity index (χ4n) is 3.34. The van der Waals surface area contributed by atoms with Crippen molar-refractivity contribution in [2.45, 2.75) is 27.2 Å². The lowest BCUT2D eigenvalue weighted by molar-refractivity contribution is -0.114. The molecule has 1 aromatic carbocycles. The van der Waals surface area contributed by atoms with Gasteiger partial charge < -0.3 is 14.5 Å². The summed E-state index contributed by atoms with van der Waals surface area (Å²) < 4.78 is 10.2. The number of H-pyrrole nitrogens is 1. The molecule has 0 atom stereocenters. The first-order valence-corrected chi connectivity index (χ1v) is 10.9. The van der Waals surface area contributed by atoms with Crippen molar-refractivity contribution in [1.29, 1.82) is 5.26 Å². The van der Waals surface area contributed by atoms with E-state index in [4.69, 9.17) is 9.47 Å². The number of Topliss-reactive ketones (excluding diaryl/α,β-unsaturated/α-hetero) is 1. The number of carbonyl (C=O) groups is 3. The van der Waals surface area contributed by atoms with Gasteiger partial charge >= 0.3 is 11.9 Å². The van der Waals surface area contributed by atoms with Crippen molar-refractivity contribution >= 4 is 46.0 Å². The molecular weight excluding hydrogens is 428 g/mol. The molecule has 0 aliphatic carbocycles. The maximum absolute atomic E-state index is 13.0. The molecule has 7 nitrogen and oxygen atoms in total. The van der Waals surface area contributed by atoms with Crippen molar-refractivity contribution in [2.75, 3.05) is 13.2 Å². The van der Waals surface area contributed by atoms with Gasteiger partial charge in [0.15, 0.2) is 5.78 Å². The number of hydrogen-bond donors (Lipinski definition) is 1. The maximum atomic E-state index is 13.0. The number of ether oxygens (including phenoxy) is 2. The zero-order valence-electron chi connectivity index (χ0n) is 18.0. The van der Waals surface area contributed by atoms with Crippen LogP contribution in [0.4, 0.5) is 0 Å². The Labute approximate surface area is 189 Å². The number of nitrogens with one attached hydrogen (secondary N) is 1. The third kappa shape index (κ3) is 4.63. The van der Waals surface area contributed by atoms with Crippen LogP contribution in [-0.2, 0) is 20.7 Å². The largest absolute Gasteiger partial charge is 0.462 e. The lowest BCUT2D eigenvalue weighted by Gasteiger charge is -2.05. The zero-order valence-corrected chi connectivity index (χ0v) is 18.8. The minimum atomic E-state index is -0.612. The summed E-state index contributed by atoms with van der Waals surface area (Å²) in [6.07, 6.45) is 3.05. The van der Waals surface area contributed by atoms with Gasteiger partial charge in [-0.15, -0.1) is 11.3 Å². The summed E-state index contributed by atoms with van der Waals surface area (Å²) in [6, 6.07) is 9.51. The van der Waals surface area contributed by atoms with Crippen molar-refractivity contribution in [1.82, 2.24) is 4.98 Å². The van der Waals surface area contributed by atoms with E-state index in [1.807, 2.05) is 30.3 Å². The molecule has 1 N–H and O–H groups in total. The Kier molecular flexibility index (Phi) is 7.23. The van der Waals surface area contributed by atoms with Crippen LogP contribution in [0.3, 0.4) is 0 Å². The molecule has 0 fully saturated rings. The second-order valence-electron chi connectivity index (χ2n) is 6.85. The number of para-hydroxylation sites is 1. The molecule has 3 aromatic rings. The van der Waals surface area contributed by atoms with Gasteiger partial charge in [-0.2, -0.15) is 5.26 Å². The predicted molar refractivity (Wildman–Crippen MR) is 122 cm³/mol. The number of allylic oxidation sites excluding steroid dienone is 1. The van der Waals surface area contributed by atoms with Crippen LogP contribution in [-0.4, -0.2) is 35.9 Å². The van der Waals surface area contributed by atoms with Crippen molar-refractivity contribution in [2.24, 2.45) is 0 Å². The summed E-state index contributed by atoms with van der Waals surface area (Å²) in [6.45, 7) is 5.32. The van der Waals surface area contributed by atoms with E-state index in [-0.39, 0.29) is 35.6 Å². The summed E-state index contributed by atoms with van der Waals surface area (Å²) >= 11 is 1.02. The van der Waals surface area contributed by atoms with Crippen molar-refractivity contribution in [3.63, 3.8) is 0 Å². The topological polar surface area (TPSA) is 109 Å². The number of nitriles is 1. The number of thiophene rings is 1. The number of nitrogens with zero attached hydrogens (tertiary/aromatic N) is 1. The summed E-state index contributed by atoms with van der Waals surface area (Å²) in [5.74, 6) is -1.63. The molecule has 0 radical (unpaired) electrons. The van der Waals surface area contributed by atoms with Crippen LogP contribution in [0.25, 0.3) is 17.0 Å². The third-order valence-corrected chi connectivity index (χ3v) is 6.09. The van der Waals surface area contributed by atoms with Crippen LogP contribution in [0.1, 0.15) is 49.9 Å². The molecule has 0 unspecified atom stereocenters. The number of fused-ring (bicyclic) bond motifs is 1. The molecule has 32 heavy (non-hydrogen) atoms. The molecule has 0 spiro atoms. The Hall–Kier alpha value is -3.70. The number of aromatic nitrogens is 1. The normalized spacial score (nSPS) is 11.2.